The summed E-state index contributed by atoms with van der Waals surface area (Å²) in [4.78, 5) is 4.24. The molecule has 1 atom stereocenters. The molecule has 1 fully saturated rings. The second-order valence-corrected chi connectivity index (χ2v) is 5.46. The van der Waals surface area contributed by atoms with Gasteiger partial charge in [-0.2, -0.15) is 0 Å². The van der Waals surface area contributed by atoms with E-state index in [-0.39, 0.29) is 0 Å². The largest absolute Gasteiger partial charge is 0.454 e. The molecule has 120 valence electrons. The van der Waals surface area contributed by atoms with E-state index in [1.165, 1.54) is 12.8 Å². The van der Waals surface area contributed by atoms with Gasteiger partial charge in [0.15, 0.2) is 17.5 Å². The first kappa shape index (κ1) is 15.0. The van der Waals surface area contributed by atoms with Gasteiger partial charge in [-0.05, 0) is 37.0 Å². The number of benzene rings is 1. The summed E-state index contributed by atoms with van der Waals surface area (Å²) in [6, 6.07) is 5.96. The summed E-state index contributed by atoms with van der Waals surface area (Å²) in [5.74, 6) is 2.42. The predicted octanol–water partition coefficient (Wildman–Crippen LogP) is 1.65. The number of hydrogen-bond acceptors (Lipinski definition) is 4. The van der Waals surface area contributed by atoms with Crippen LogP contribution in [0.5, 0.6) is 11.5 Å². The van der Waals surface area contributed by atoms with E-state index < -0.39 is 0 Å². The molecule has 2 N–H and O–H groups in total. The van der Waals surface area contributed by atoms with Crippen LogP contribution in [0.25, 0.3) is 0 Å². The molecule has 1 saturated heterocycles. The first-order chi connectivity index (χ1) is 10.8. The molecule has 2 heterocycles. The van der Waals surface area contributed by atoms with Gasteiger partial charge in [0.1, 0.15) is 0 Å². The van der Waals surface area contributed by atoms with E-state index in [1.54, 1.807) is 7.05 Å². The van der Waals surface area contributed by atoms with Crippen LogP contribution in [0.15, 0.2) is 23.2 Å². The number of rotatable bonds is 5. The van der Waals surface area contributed by atoms with Crippen LogP contribution in [0, 0.1) is 0 Å². The van der Waals surface area contributed by atoms with Gasteiger partial charge in [-0.15, -0.1) is 0 Å². The fourth-order valence-electron chi connectivity index (χ4n) is 2.68. The van der Waals surface area contributed by atoms with E-state index in [9.17, 15) is 0 Å². The van der Waals surface area contributed by atoms with Crippen molar-refractivity contribution in [3.8, 4) is 11.5 Å². The van der Waals surface area contributed by atoms with Gasteiger partial charge >= 0.3 is 0 Å². The molecule has 0 amide bonds. The molecule has 6 heteroatoms. The topological polar surface area (TPSA) is 64.1 Å². The number of guanidine groups is 1. The average molecular weight is 305 g/mol. The molecule has 1 unspecified atom stereocenters. The van der Waals surface area contributed by atoms with Gasteiger partial charge in [0, 0.05) is 26.7 Å². The van der Waals surface area contributed by atoms with Crippen molar-refractivity contribution in [2.45, 2.75) is 31.9 Å². The van der Waals surface area contributed by atoms with Crippen molar-refractivity contribution in [3.63, 3.8) is 0 Å². The Morgan fingerprint density at radius 3 is 3.00 bits per heavy atom. The fraction of sp³-hybridized carbons (Fsp3) is 0.562. The normalized spacial score (nSPS) is 20.2. The summed E-state index contributed by atoms with van der Waals surface area (Å²) in [6.07, 6.45) is 3.77. The molecule has 1 aromatic rings. The van der Waals surface area contributed by atoms with Crippen molar-refractivity contribution in [3.05, 3.63) is 23.8 Å². The van der Waals surface area contributed by atoms with Crippen molar-refractivity contribution in [2.24, 2.45) is 4.99 Å². The van der Waals surface area contributed by atoms with Gasteiger partial charge in [0.05, 0.1) is 6.10 Å². The Kier molecular flexibility index (Phi) is 5.00. The number of fused-ring (bicyclic) bond motifs is 1. The molecule has 2 aliphatic rings. The highest BCUT2D eigenvalue weighted by Crippen LogP contribution is 2.32. The van der Waals surface area contributed by atoms with E-state index >= 15 is 0 Å². The lowest BCUT2D eigenvalue weighted by Gasteiger charge is -2.14. The third kappa shape index (κ3) is 3.82. The van der Waals surface area contributed by atoms with Crippen molar-refractivity contribution >= 4 is 5.96 Å². The first-order valence-corrected chi connectivity index (χ1v) is 7.80. The molecule has 3 rings (SSSR count). The standard InChI is InChI=1S/C16H23N3O3/c1-17-16(18-7-6-13-3-2-8-20-13)19-10-12-4-5-14-15(9-12)22-11-21-14/h4-5,9,13H,2-3,6-8,10-11H2,1H3,(H2,17,18,19). The number of hydrogen-bond donors (Lipinski definition) is 2. The molecule has 6 nitrogen and oxygen atoms in total. The summed E-state index contributed by atoms with van der Waals surface area (Å²) >= 11 is 0. The minimum absolute atomic E-state index is 0.304. The molecule has 22 heavy (non-hydrogen) atoms. The van der Waals surface area contributed by atoms with Gasteiger partial charge in [0.25, 0.3) is 0 Å². The van der Waals surface area contributed by atoms with E-state index in [1.807, 2.05) is 18.2 Å². The highest BCUT2D eigenvalue weighted by Gasteiger charge is 2.15. The van der Waals surface area contributed by atoms with Crippen LogP contribution in [0.4, 0.5) is 0 Å². The molecule has 0 radical (unpaired) electrons. The molecule has 0 saturated carbocycles. The molecular weight excluding hydrogens is 282 g/mol. The van der Waals surface area contributed by atoms with Gasteiger partial charge in [-0.1, -0.05) is 6.07 Å². The molecule has 0 aromatic heterocycles. The lowest BCUT2D eigenvalue weighted by molar-refractivity contribution is 0.105. The molecule has 1 aromatic carbocycles. The third-order valence-corrected chi connectivity index (χ3v) is 3.90. The summed E-state index contributed by atoms with van der Waals surface area (Å²) in [5, 5.41) is 6.63. The Labute approximate surface area is 130 Å². The van der Waals surface area contributed by atoms with Gasteiger partial charge in [0.2, 0.25) is 6.79 Å². The molecule has 0 bridgehead atoms. The third-order valence-electron chi connectivity index (χ3n) is 3.90. The van der Waals surface area contributed by atoms with Crippen LogP contribution in [0.3, 0.4) is 0 Å². The van der Waals surface area contributed by atoms with E-state index in [0.717, 1.165) is 42.6 Å². The van der Waals surface area contributed by atoms with Gasteiger partial charge in [-0.3, -0.25) is 4.99 Å². The maximum absolute atomic E-state index is 5.61. The van der Waals surface area contributed by atoms with E-state index in [4.69, 9.17) is 14.2 Å². The minimum atomic E-state index is 0.304. The number of ether oxygens (including phenoxy) is 3. The van der Waals surface area contributed by atoms with Crippen molar-refractivity contribution in [1.82, 2.24) is 10.6 Å². The monoisotopic (exact) mass is 305 g/mol. The lowest BCUT2D eigenvalue weighted by atomic mass is 10.2. The quantitative estimate of drug-likeness (QED) is 0.640. The number of aliphatic imine (C=N–C) groups is 1. The maximum Gasteiger partial charge on any atom is 0.231 e. The smallest absolute Gasteiger partial charge is 0.231 e. The Morgan fingerprint density at radius 1 is 1.27 bits per heavy atom. The van der Waals surface area contributed by atoms with Crippen LogP contribution in [-0.4, -0.2) is 39.1 Å². The zero-order chi connectivity index (χ0) is 15.2. The van der Waals surface area contributed by atoms with Crippen LogP contribution in [0.1, 0.15) is 24.8 Å². The van der Waals surface area contributed by atoms with Crippen LogP contribution < -0.4 is 20.1 Å². The first-order valence-electron chi connectivity index (χ1n) is 7.80. The van der Waals surface area contributed by atoms with E-state index in [0.29, 0.717) is 19.4 Å². The van der Waals surface area contributed by atoms with Crippen LogP contribution in [0.2, 0.25) is 0 Å². The summed E-state index contributed by atoms with van der Waals surface area (Å²) in [7, 11) is 1.78. The average Bonchev–Trinajstić information content (AvgIpc) is 3.21. The zero-order valence-electron chi connectivity index (χ0n) is 12.9. The second-order valence-electron chi connectivity index (χ2n) is 5.46. The van der Waals surface area contributed by atoms with Crippen molar-refractivity contribution < 1.29 is 14.2 Å². The highest BCUT2D eigenvalue weighted by molar-refractivity contribution is 5.79. The lowest BCUT2D eigenvalue weighted by Crippen LogP contribution is -2.38. The number of nitrogens with zero attached hydrogens (tertiary/aromatic N) is 1. The summed E-state index contributed by atoms with van der Waals surface area (Å²) < 4.78 is 16.3. The van der Waals surface area contributed by atoms with Crippen LogP contribution >= 0.6 is 0 Å². The second kappa shape index (κ2) is 7.35. The molecule has 0 aliphatic carbocycles. The SMILES string of the molecule is CN=C(NCCC1CCCO1)NCc1ccc2c(c1)OCO2. The summed E-state index contributed by atoms with van der Waals surface area (Å²) in [6.45, 7) is 2.77. The fourth-order valence-corrected chi connectivity index (χ4v) is 2.68. The maximum atomic E-state index is 5.61. The van der Waals surface area contributed by atoms with Gasteiger partial charge < -0.3 is 24.8 Å². The Balaban J connectivity index is 1.42. The van der Waals surface area contributed by atoms with Gasteiger partial charge in [-0.25, -0.2) is 0 Å². The van der Waals surface area contributed by atoms with Crippen molar-refractivity contribution in [2.75, 3.05) is 27.0 Å². The zero-order valence-corrected chi connectivity index (χ0v) is 12.9. The Bertz CT molecular complexity index is 527. The molecule has 0 spiro atoms. The Morgan fingerprint density at radius 2 is 2.18 bits per heavy atom. The van der Waals surface area contributed by atoms with Crippen molar-refractivity contribution in [1.29, 1.82) is 0 Å². The Hall–Kier alpha value is -1.95. The molecular formula is C16H23N3O3. The minimum Gasteiger partial charge on any atom is -0.454 e. The highest BCUT2D eigenvalue weighted by atomic mass is 16.7. The van der Waals surface area contributed by atoms with Crippen LogP contribution in [-0.2, 0) is 11.3 Å². The molecule has 2 aliphatic heterocycles. The predicted molar refractivity (Wildman–Crippen MR) is 84.4 cm³/mol. The number of nitrogens with one attached hydrogen (secondary N) is 2. The van der Waals surface area contributed by atoms with E-state index in [2.05, 4.69) is 15.6 Å². The summed E-state index contributed by atoms with van der Waals surface area (Å²) in [5.41, 5.74) is 1.13.